The normalized spacial score (nSPS) is 16.1. The van der Waals surface area contributed by atoms with E-state index in [0.717, 1.165) is 41.8 Å². The van der Waals surface area contributed by atoms with Crippen LogP contribution < -0.4 is 10.6 Å². The molecule has 0 bridgehead atoms. The summed E-state index contributed by atoms with van der Waals surface area (Å²) in [7, 11) is 0. The second kappa shape index (κ2) is 6.91. The number of carbonyl (C=O) groups excluding carboxylic acids is 1. The van der Waals surface area contributed by atoms with Gasteiger partial charge in [-0.2, -0.15) is 0 Å². The first kappa shape index (κ1) is 14.3. The van der Waals surface area contributed by atoms with Crippen molar-refractivity contribution in [2.24, 2.45) is 0 Å². The summed E-state index contributed by atoms with van der Waals surface area (Å²) in [5.74, 6) is 0.0320. The zero-order chi connectivity index (χ0) is 13.7. The van der Waals surface area contributed by atoms with Gasteiger partial charge in [-0.1, -0.05) is 15.9 Å². The third-order valence-corrected chi connectivity index (χ3v) is 3.54. The van der Waals surface area contributed by atoms with Gasteiger partial charge in [0.1, 0.15) is 0 Å². The fourth-order valence-electron chi connectivity index (χ4n) is 2.14. The Hall–Kier alpha value is -1.07. The Kier molecular flexibility index (Phi) is 5.22. The number of halogens is 1. The summed E-state index contributed by atoms with van der Waals surface area (Å²) in [5, 5.41) is 6.17. The number of rotatable bonds is 4. The largest absolute Gasteiger partial charge is 0.381 e. The van der Waals surface area contributed by atoms with Crippen LogP contribution in [0.3, 0.4) is 0 Å². The topological polar surface area (TPSA) is 50.4 Å². The molecule has 1 aliphatic rings. The molecule has 0 saturated carbocycles. The number of aryl methyl sites for hydroxylation is 1. The molecule has 0 spiro atoms. The maximum Gasteiger partial charge on any atom is 0.239 e. The van der Waals surface area contributed by atoms with Crippen molar-refractivity contribution in [2.75, 3.05) is 25.1 Å². The van der Waals surface area contributed by atoms with Crippen LogP contribution in [0.2, 0.25) is 0 Å². The molecule has 1 aromatic rings. The molecular formula is C14H19BrN2O2. The maximum atomic E-state index is 11.8. The third kappa shape index (κ3) is 4.84. The minimum atomic E-state index is 0.0320. The van der Waals surface area contributed by atoms with Crippen molar-refractivity contribution in [3.05, 3.63) is 28.2 Å². The summed E-state index contributed by atoms with van der Waals surface area (Å²) >= 11 is 3.45. The van der Waals surface area contributed by atoms with Gasteiger partial charge in [-0.05, 0) is 43.5 Å². The molecule has 0 unspecified atom stereocenters. The van der Waals surface area contributed by atoms with Crippen molar-refractivity contribution < 1.29 is 9.53 Å². The van der Waals surface area contributed by atoms with E-state index in [9.17, 15) is 4.79 Å². The molecule has 5 heteroatoms. The van der Waals surface area contributed by atoms with Crippen LogP contribution in [0.4, 0.5) is 5.69 Å². The number of hydrogen-bond donors (Lipinski definition) is 2. The predicted octanol–water partition coefficient (Wildman–Crippen LogP) is 2.46. The van der Waals surface area contributed by atoms with Crippen molar-refractivity contribution in [3.63, 3.8) is 0 Å². The zero-order valence-corrected chi connectivity index (χ0v) is 12.6. The van der Waals surface area contributed by atoms with Crippen molar-refractivity contribution in [3.8, 4) is 0 Å². The first-order valence-electron chi connectivity index (χ1n) is 6.51. The van der Waals surface area contributed by atoms with Gasteiger partial charge in [0.05, 0.1) is 6.54 Å². The van der Waals surface area contributed by atoms with Gasteiger partial charge in [0.25, 0.3) is 0 Å². The van der Waals surface area contributed by atoms with Gasteiger partial charge >= 0.3 is 0 Å². The van der Waals surface area contributed by atoms with Crippen LogP contribution in [0.15, 0.2) is 22.7 Å². The van der Waals surface area contributed by atoms with Crippen LogP contribution >= 0.6 is 15.9 Å². The number of carbonyl (C=O) groups is 1. The highest BCUT2D eigenvalue weighted by molar-refractivity contribution is 9.10. The van der Waals surface area contributed by atoms with Gasteiger partial charge in [0, 0.05) is 29.4 Å². The van der Waals surface area contributed by atoms with E-state index in [1.165, 1.54) is 0 Å². The monoisotopic (exact) mass is 326 g/mol. The molecule has 1 saturated heterocycles. The van der Waals surface area contributed by atoms with E-state index in [-0.39, 0.29) is 11.9 Å². The minimum Gasteiger partial charge on any atom is -0.381 e. The molecule has 0 radical (unpaired) electrons. The molecule has 19 heavy (non-hydrogen) atoms. The summed E-state index contributed by atoms with van der Waals surface area (Å²) in [6.45, 7) is 3.80. The van der Waals surface area contributed by atoms with Gasteiger partial charge in [-0.25, -0.2) is 0 Å². The molecule has 1 heterocycles. The first-order valence-corrected chi connectivity index (χ1v) is 7.31. The van der Waals surface area contributed by atoms with Gasteiger partial charge in [-0.3, -0.25) is 4.79 Å². The summed E-state index contributed by atoms with van der Waals surface area (Å²) in [5.41, 5.74) is 2.11. The lowest BCUT2D eigenvalue weighted by atomic mass is 10.1. The predicted molar refractivity (Wildman–Crippen MR) is 79.4 cm³/mol. The lowest BCUT2D eigenvalue weighted by Gasteiger charge is -2.23. The smallest absolute Gasteiger partial charge is 0.239 e. The Morgan fingerprint density at radius 1 is 1.37 bits per heavy atom. The standard InChI is InChI=1S/C14H19BrN2O2/c1-10-6-11(15)8-13(7-10)16-9-14(18)17-12-2-4-19-5-3-12/h6-8,12,16H,2-5,9H2,1H3,(H,17,18). The number of nitrogens with one attached hydrogen (secondary N) is 2. The molecule has 0 atom stereocenters. The van der Waals surface area contributed by atoms with Crippen LogP contribution in [0, 0.1) is 6.92 Å². The van der Waals surface area contributed by atoms with E-state index >= 15 is 0 Å². The highest BCUT2D eigenvalue weighted by Crippen LogP contribution is 2.18. The molecule has 2 N–H and O–H groups in total. The van der Waals surface area contributed by atoms with E-state index in [1.807, 2.05) is 25.1 Å². The van der Waals surface area contributed by atoms with Crippen LogP contribution in [-0.4, -0.2) is 31.7 Å². The number of benzene rings is 1. The molecule has 0 aliphatic carbocycles. The highest BCUT2D eigenvalue weighted by Gasteiger charge is 2.15. The number of anilines is 1. The van der Waals surface area contributed by atoms with E-state index in [0.29, 0.717) is 6.54 Å². The summed E-state index contributed by atoms with van der Waals surface area (Å²) < 4.78 is 6.28. The first-order chi connectivity index (χ1) is 9.13. The van der Waals surface area contributed by atoms with Crippen LogP contribution in [0.5, 0.6) is 0 Å². The Morgan fingerprint density at radius 2 is 2.11 bits per heavy atom. The van der Waals surface area contributed by atoms with Gasteiger partial charge in [0.15, 0.2) is 0 Å². The van der Waals surface area contributed by atoms with E-state index in [4.69, 9.17) is 4.74 Å². The molecule has 2 rings (SSSR count). The zero-order valence-electron chi connectivity index (χ0n) is 11.0. The van der Waals surface area contributed by atoms with Gasteiger partial charge in [0.2, 0.25) is 5.91 Å². The van der Waals surface area contributed by atoms with E-state index in [2.05, 4.69) is 26.6 Å². The maximum absolute atomic E-state index is 11.8. The Bertz CT molecular complexity index is 425. The Morgan fingerprint density at radius 3 is 2.79 bits per heavy atom. The fourth-order valence-corrected chi connectivity index (χ4v) is 2.75. The average molecular weight is 327 g/mol. The SMILES string of the molecule is Cc1cc(Br)cc(NCC(=O)NC2CCOCC2)c1. The number of amides is 1. The Labute approximate surface area is 122 Å². The highest BCUT2D eigenvalue weighted by atomic mass is 79.9. The summed E-state index contributed by atoms with van der Waals surface area (Å²) in [4.78, 5) is 11.8. The lowest BCUT2D eigenvalue weighted by Crippen LogP contribution is -2.41. The van der Waals surface area contributed by atoms with Crippen molar-refractivity contribution in [1.29, 1.82) is 0 Å². The van der Waals surface area contributed by atoms with Crippen molar-refractivity contribution >= 4 is 27.5 Å². The lowest BCUT2D eigenvalue weighted by molar-refractivity contribution is -0.120. The third-order valence-electron chi connectivity index (χ3n) is 3.08. The molecular weight excluding hydrogens is 308 g/mol. The molecule has 1 aliphatic heterocycles. The average Bonchev–Trinajstić information content (AvgIpc) is 2.36. The summed E-state index contributed by atoms with van der Waals surface area (Å²) in [6.07, 6.45) is 1.81. The molecule has 104 valence electrons. The molecule has 0 aromatic heterocycles. The Balaban J connectivity index is 1.79. The molecule has 4 nitrogen and oxygen atoms in total. The van der Waals surface area contributed by atoms with Crippen LogP contribution in [0.25, 0.3) is 0 Å². The van der Waals surface area contributed by atoms with Gasteiger partial charge in [-0.15, -0.1) is 0 Å². The van der Waals surface area contributed by atoms with Gasteiger partial charge < -0.3 is 15.4 Å². The number of ether oxygens (including phenoxy) is 1. The minimum absolute atomic E-state index is 0.0320. The number of hydrogen-bond acceptors (Lipinski definition) is 3. The molecule has 1 amide bonds. The second-order valence-corrected chi connectivity index (χ2v) is 5.74. The molecule has 1 aromatic carbocycles. The van der Waals surface area contributed by atoms with Crippen LogP contribution in [-0.2, 0) is 9.53 Å². The summed E-state index contributed by atoms with van der Waals surface area (Å²) in [6, 6.07) is 6.28. The fraction of sp³-hybridized carbons (Fsp3) is 0.500. The van der Waals surface area contributed by atoms with Crippen molar-refractivity contribution in [2.45, 2.75) is 25.8 Å². The van der Waals surface area contributed by atoms with E-state index < -0.39 is 0 Å². The van der Waals surface area contributed by atoms with Crippen molar-refractivity contribution in [1.82, 2.24) is 5.32 Å². The van der Waals surface area contributed by atoms with Crippen LogP contribution in [0.1, 0.15) is 18.4 Å². The second-order valence-electron chi connectivity index (χ2n) is 4.82. The molecule has 1 fully saturated rings. The van der Waals surface area contributed by atoms with E-state index in [1.54, 1.807) is 0 Å². The quantitative estimate of drug-likeness (QED) is 0.893.